The fraction of sp³-hybridized carbons (Fsp3) is 0.538. The Kier molecular flexibility index (Phi) is 5.66. The zero-order valence-corrected chi connectivity index (χ0v) is 12.6. The maximum atomic E-state index is 12.0. The number of pyridine rings is 1. The molecule has 0 saturated carbocycles. The molecule has 0 spiro atoms. The van der Waals surface area contributed by atoms with Gasteiger partial charge in [0.05, 0.1) is 0 Å². The number of aromatic nitrogens is 1. The smallest absolute Gasteiger partial charge is 0.242 e. The van der Waals surface area contributed by atoms with Gasteiger partial charge < -0.3 is 10.2 Å². The van der Waals surface area contributed by atoms with Crippen LogP contribution in [0.1, 0.15) is 12.8 Å². The van der Waals surface area contributed by atoms with Gasteiger partial charge in [-0.25, -0.2) is 13.1 Å². The van der Waals surface area contributed by atoms with Crippen molar-refractivity contribution in [2.24, 2.45) is 0 Å². The SMILES string of the molecule is O=C(CCNS(=O)(=O)c1cccnc1)N1CCCNCC1. The molecule has 0 radical (unpaired) electrons. The molecule has 116 valence electrons. The van der Waals surface area contributed by atoms with Gasteiger partial charge in [-0.2, -0.15) is 0 Å². The number of hydrogen-bond acceptors (Lipinski definition) is 5. The van der Waals surface area contributed by atoms with Crippen LogP contribution in [-0.2, 0) is 14.8 Å². The van der Waals surface area contributed by atoms with E-state index in [9.17, 15) is 13.2 Å². The largest absolute Gasteiger partial charge is 0.341 e. The summed E-state index contributed by atoms with van der Waals surface area (Å²) in [6.45, 7) is 3.19. The number of carbonyl (C=O) groups is 1. The maximum absolute atomic E-state index is 12.0. The lowest BCUT2D eigenvalue weighted by Crippen LogP contribution is -2.36. The fourth-order valence-corrected chi connectivity index (χ4v) is 3.13. The minimum absolute atomic E-state index is 0.0208. The molecule has 1 amide bonds. The topological polar surface area (TPSA) is 91.4 Å². The monoisotopic (exact) mass is 312 g/mol. The van der Waals surface area contributed by atoms with E-state index in [1.165, 1.54) is 18.5 Å². The summed E-state index contributed by atoms with van der Waals surface area (Å²) >= 11 is 0. The number of nitrogens with one attached hydrogen (secondary N) is 2. The molecular weight excluding hydrogens is 292 g/mol. The van der Waals surface area contributed by atoms with Crippen LogP contribution in [0.15, 0.2) is 29.4 Å². The van der Waals surface area contributed by atoms with Crippen molar-refractivity contribution in [3.63, 3.8) is 0 Å². The first-order valence-electron chi connectivity index (χ1n) is 6.98. The van der Waals surface area contributed by atoms with Gasteiger partial charge in [0.1, 0.15) is 4.90 Å². The van der Waals surface area contributed by atoms with Gasteiger partial charge in [0.15, 0.2) is 0 Å². The van der Waals surface area contributed by atoms with Crippen LogP contribution in [0.3, 0.4) is 0 Å². The van der Waals surface area contributed by atoms with Crippen molar-refractivity contribution < 1.29 is 13.2 Å². The summed E-state index contributed by atoms with van der Waals surface area (Å²) in [5.74, 6) is -0.0208. The molecule has 7 nitrogen and oxygen atoms in total. The summed E-state index contributed by atoms with van der Waals surface area (Å²) < 4.78 is 26.3. The van der Waals surface area contributed by atoms with Crippen LogP contribution >= 0.6 is 0 Å². The average molecular weight is 312 g/mol. The molecule has 1 aliphatic heterocycles. The van der Waals surface area contributed by atoms with E-state index >= 15 is 0 Å². The van der Waals surface area contributed by atoms with Crippen molar-refractivity contribution >= 4 is 15.9 Å². The van der Waals surface area contributed by atoms with Crippen LogP contribution < -0.4 is 10.0 Å². The van der Waals surface area contributed by atoms with E-state index < -0.39 is 10.0 Å². The van der Waals surface area contributed by atoms with Gasteiger partial charge in [0, 0.05) is 45.0 Å². The van der Waals surface area contributed by atoms with Crippen molar-refractivity contribution in [3.8, 4) is 0 Å². The lowest BCUT2D eigenvalue weighted by molar-refractivity contribution is -0.130. The molecule has 21 heavy (non-hydrogen) atoms. The number of carbonyl (C=O) groups excluding carboxylic acids is 1. The molecule has 8 heteroatoms. The van der Waals surface area contributed by atoms with E-state index in [1.807, 2.05) is 0 Å². The van der Waals surface area contributed by atoms with Gasteiger partial charge in [0.25, 0.3) is 0 Å². The predicted molar refractivity (Wildman–Crippen MR) is 78.1 cm³/mol. The Balaban J connectivity index is 1.82. The first kappa shape index (κ1) is 15.9. The second kappa shape index (κ2) is 7.48. The molecule has 2 N–H and O–H groups in total. The summed E-state index contributed by atoms with van der Waals surface area (Å²) in [6.07, 6.45) is 3.88. The zero-order chi connectivity index (χ0) is 15.1. The number of sulfonamides is 1. The van der Waals surface area contributed by atoms with Gasteiger partial charge in [-0.15, -0.1) is 0 Å². The first-order valence-corrected chi connectivity index (χ1v) is 8.46. The highest BCUT2D eigenvalue weighted by molar-refractivity contribution is 7.89. The third-order valence-electron chi connectivity index (χ3n) is 3.27. The highest BCUT2D eigenvalue weighted by Crippen LogP contribution is 2.05. The second-order valence-corrected chi connectivity index (χ2v) is 6.59. The van der Waals surface area contributed by atoms with E-state index in [4.69, 9.17) is 0 Å². The second-order valence-electron chi connectivity index (χ2n) is 4.82. The highest BCUT2D eigenvalue weighted by atomic mass is 32.2. The summed E-state index contributed by atoms with van der Waals surface area (Å²) in [4.78, 5) is 17.7. The number of nitrogens with zero attached hydrogens (tertiary/aromatic N) is 2. The molecule has 2 heterocycles. The van der Waals surface area contributed by atoms with Crippen LogP contribution in [0.2, 0.25) is 0 Å². The lowest BCUT2D eigenvalue weighted by Gasteiger charge is -2.19. The lowest BCUT2D eigenvalue weighted by atomic mass is 10.3. The molecule has 0 atom stereocenters. The molecule has 0 unspecified atom stereocenters. The number of hydrogen-bond donors (Lipinski definition) is 2. The Bertz CT molecular complexity index is 554. The van der Waals surface area contributed by atoms with Crippen molar-refractivity contribution in [2.45, 2.75) is 17.7 Å². The van der Waals surface area contributed by atoms with Crippen LogP contribution in [0, 0.1) is 0 Å². The Morgan fingerprint density at radius 1 is 1.38 bits per heavy atom. The Hall–Kier alpha value is -1.51. The van der Waals surface area contributed by atoms with E-state index in [1.54, 1.807) is 11.0 Å². The molecule has 1 aliphatic rings. The first-order chi connectivity index (χ1) is 10.1. The summed E-state index contributed by atoms with van der Waals surface area (Å²) in [6, 6.07) is 3.03. The van der Waals surface area contributed by atoms with Gasteiger partial charge in [-0.1, -0.05) is 0 Å². The van der Waals surface area contributed by atoms with Crippen LogP contribution in [0.4, 0.5) is 0 Å². The molecule has 1 saturated heterocycles. The number of rotatable bonds is 5. The molecule has 1 aromatic rings. The van der Waals surface area contributed by atoms with Crippen molar-refractivity contribution in [3.05, 3.63) is 24.5 Å². The molecule has 1 fully saturated rings. The minimum atomic E-state index is -3.59. The predicted octanol–water partition coefficient (Wildman–Crippen LogP) is -0.428. The van der Waals surface area contributed by atoms with E-state index in [0.29, 0.717) is 6.54 Å². The number of amides is 1. The molecule has 0 aromatic carbocycles. The quantitative estimate of drug-likeness (QED) is 0.770. The molecule has 0 aliphatic carbocycles. The summed E-state index contributed by atoms with van der Waals surface area (Å²) in [7, 11) is -3.59. The Labute approximate surface area is 124 Å². The third kappa shape index (κ3) is 4.76. The van der Waals surface area contributed by atoms with E-state index in [0.717, 1.165) is 26.1 Å². The minimum Gasteiger partial charge on any atom is -0.341 e. The highest BCUT2D eigenvalue weighted by Gasteiger charge is 2.17. The standard InChI is InChI=1S/C13H20N4O3S/c18-13(17-9-2-6-14-8-10-17)4-7-16-21(19,20)12-3-1-5-15-11-12/h1,3,5,11,14,16H,2,4,6-10H2. The Morgan fingerprint density at radius 3 is 3.00 bits per heavy atom. The molecular formula is C13H20N4O3S. The molecule has 0 bridgehead atoms. The molecule has 1 aromatic heterocycles. The fourth-order valence-electron chi connectivity index (χ4n) is 2.13. The normalized spacial score (nSPS) is 16.5. The van der Waals surface area contributed by atoms with E-state index in [-0.39, 0.29) is 23.8 Å². The van der Waals surface area contributed by atoms with Crippen molar-refractivity contribution in [1.29, 1.82) is 0 Å². The van der Waals surface area contributed by atoms with Gasteiger partial charge in [0.2, 0.25) is 15.9 Å². The van der Waals surface area contributed by atoms with Crippen molar-refractivity contribution in [1.82, 2.24) is 19.9 Å². The van der Waals surface area contributed by atoms with Gasteiger partial charge >= 0.3 is 0 Å². The summed E-state index contributed by atoms with van der Waals surface area (Å²) in [5, 5.41) is 3.22. The van der Waals surface area contributed by atoms with Crippen LogP contribution in [0.25, 0.3) is 0 Å². The Morgan fingerprint density at radius 2 is 2.24 bits per heavy atom. The van der Waals surface area contributed by atoms with Gasteiger partial charge in [-0.05, 0) is 25.1 Å². The zero-order valence-electron chi connectivity index (χ0n) is 11.8. The maximum Gasteiger partial charge on any atom is 0.242 e. The third-order valence-corrected chi connectivity index (χ3v) is 4.71. The van der Waals surface area contributed by atoms with E-state index in [2.05, 4.69) is 15.0 Å². The van der Waals surface area contributed by atoms with Crippen molar-refractivity contribution in [2.75, 3.05) is 32.7 Å². The van der Waals surface area contributed by atoms with Crippen LogP contribution in [0.5, 0.6) is 0 Å². The average Bonchev–Trinajstić information content (AvgIpc) is 2.77. The summed E-state index contributed by atoms with van der Waals surface area (Å²) in [5.41, 5.74) is 0. The molecule has 2 rings (SSSR count). The van der Waals surface area contributed by atoms with Gasteiger partial charge in [-0.3, -0.25) is 9.78 Å². The van der Waals surface area contributed by atoms with Crippen LogP contribution in [-0.4, -0.2) is 56.9 Å².